The number of aliphatic hydroxyl groups is 1. The molecule has 1 aliphatic heterocycles. The largest absolute Gasteiger partial charge is 0.396 e. The van der Waals surface area contributed by atoms with Gasteiger partial charge in [-0.3, -0.25) is 19.5 Å². The summed E-state index contributed by atoms with van der Waals surface area (Å²) in [4.78, 5) is 29.4. The Morgan fingerprint density at radius 1 is 1.28 bits per heavy atom. The highest BCUT2D eigenvalue weighted by atomic mass is 16.3. The molecule has 5 nitrogen and oxygen atoms in total. The van der Waals surface area contributed by atoms with E-state index in [-0.39, 0.29) is 23.8 Å². The van der Waals surface area contributed by atoms with Gasteiger partial charge in [0.2, 0.25) is 0 Å². The van der Waals surface area contributed by atoms with Crippen molar-refractivity contribution in [3.05, 3.63) is 29.6 Å². The van der Waals surface area contributed by atoms with Crippen molar-refractivity contribution < 1.29 is 14.7 Å². The van der Waals surface area contributed by atoms with Gasteiger partial charge in [0.25, 0.3) is 11.8 Å². The van der Waals surface area contributed by atoms with Crippen LogP contribution in [0.2, 0.25) is 0 Å². The van der Waals surface area contributed by atoms with E-state index >= 15 is 0 Å². The van der Waals surface area contributed by atoms with Gasteiger partial charge in [0.05, 0.1) is 11.1 Å². The molecular formula is C13H14N2O3. The van der Waals surface area contributed by atoms with E-state index in [1.54, 1.807) is 6.07 Å². The lowest BCUT2D eigenvalue weighted by Gasteiger charge is -2.21. The van der Waals surface area contributed by atoms with Gasteiger partial charge in [-0.05, 0) is 30.7 Å². The minimum Gasteiger partial charge on any atom is -0.396 e. The highest BCUT2D eigenvalue weighted by Crippen LogP contribution is 2.49. The van der Waals surface area contributed by atoms with Crippen molar-refractivity contribution in [3.63, 3.8) is 0 Å². The molecule has 1 aromatic rings. The maximum Gasteiger partial charge on any atom is 0.263 e. The van der Waals surface area contributed by atoms with E-state index in [0.717, 1.165) is 12.8 Å². The average molecular weight is 246 g/mol. The van der Waals surface area contributed by atoms with Crippen LogP contribution in [0.1, 0.15) is 40.0 Å². The summed E-state index contributed by atoms with van der Waals surface area (Å²) in [5, 5.41) is 9.02. The zero-order valence-corrected chi connectivity index (χ0v) is 9.93. The SMILES string of the molecule is O=C1c2ccncc2C(=O)N1CC1(CCO)CC1. The van der Waals surface area contributed by atoms with Crippen molar-refractivity contribution in [3.8, 4) is 0 Å². The molecule has 1 fully saturated rings. The second-order valence-corrected chi connectivity index (χ2v) is 5.09. The summed E-state index contributed by atoms with van der Waals surface area (Å²) in [5.41, 5.74) is 0.785. The third kappa shape index (κ3) is 1.62. The van der Waals surface area contributed by atoms with Crippen LogP contribution in [0, 0.1) is 5.41 Å². The highest BCUT2D eigenvalue weighted by molar-refractivity contribution is 6.21. The molecule has 2 heterocycles. The number of rotatable bonds is 4. The van der Waals surface area contributed by atoms with Gasteiger partial charge in [-0.2, -0.15) is 0 Å². The molecular weight excluding hydrogens is 232 g/mol. The highest BCUT2D eigenvalue weighted by Gasteiger charge is 2.47. The van der Waals surface area contributed by atoms with E-state index in [9.17, 15) is 9.59 Å². The molecule has 0 atom stereocenters. The fraction of sp³-hybridized carbons (Fsp3) is 0.462. The van der Waals surface area contributed by atoms with Crippen LogP contribution in [0.4, 0.5) is 0 Å². The quantitative estimate of drug-likeness (QED) is 0.799. The molecule has 1 aliphatic carbocycles. The predicted octanol–water partition coefficient (Wildman–Crippen LogP) is 0.840. The summed E-state index contributed by atoms with van der Waals surface area (Å²) in [6.45, 7) is 0.518. The molecule has 0 spiro atoms. The predicted molar refractivity (Wildman–Crippen MR) is 63.0 cm³/mol. The van der Waals surface area contributed by atoms with Crippen molar-refractivity contribution in [1.82, 2.24) is 9.88 Å². The fourth-order valence-corrected chi connectivity index (χ4v) is 2.51. The number of aliphatic hydroxyl groups excluding tert-OH is 1. The zero-order valence-electron chi connectivity index (χ0n) is 9.93. The molecule has 18 heavy (non-hydrogen) atoms. The van der Waals surface area contributed by atoms with Gasteiger partial charge in [0.1, 0.15) is 0 Å². The molecule has 0 saturated heterocycles. The Bertz CT molecular complexity index is 488. The molecule has 5 heteroatoms. The Morgan fingerprint density at radius 3 is 2.61 bits per heavy atom. The van der Waals surface area contributed by atoms with E-state index in [1.807, 2.05) is 0 Å². The molecule has 1 aromatic heterocycles. The van der Waals surface area contributed by atoms with E-state index < -0.39 is 0 Å². The topological polar surface area (TPSA) is 70.5 Å². The number of carbonyl (C=O) groups excluding carboxylic acids is 2. The van der Waals surface area contributed by atoms with E-state index in [0.29, 0.717) is 24.1 Å². The molecule has 2 amide bonds. The number of pyridine rings is 1. The van der Waals surface area contributed by atoms with Gasteiger partial charge in [0.15, 0.2) is 0 Å². The molecule has 1 saturated carbocycles. The molecule has 94 valence electrons. The summed E-state index contributed by atoms with van der Waals surface area (Å²) in [6.07, 6.45) is 5.56. The van der Waals surface area contributed by atoms with Crippen molar-refractivity contribution in [2.75, 3.05) is 13.2 Å². The van der Waals surface area contributed by atoms with Gasteiger partial charge >= 0.3 is 0 Å². The lowest BCUT2D eigenvalue weighted by Crippen LogP contribution is -2.35. The summed E-state index contributed by atoms with van der Waals surface area (Å²) in [5.74, 6) is -0.492. The second-order valence-electron chi connectivity index (χ2n) is 5.09. The lowest BCUT2D eigenvalue weighted by molar-refractivity contribution is 0.0608. The van der Waals surface area contributed by atoms with E-state index in [2.05, 4.69) is 4.98 Å². The normalized spacial score (nSPS) is 20.2. The third-order valence-electron chi connectivity index (χ3n) is 3.86. The molecule has 0 radical (unpaired) electrons. The summed E-state index contributed by atoms with van der Waals surface area (Å²) >= 11 is 0. The number of carbonyl (C=O) groups is 2. The van der Waals surface area contributed by atoms with Crippen LogP contribution in [-0.2, 0) is 0 Å². The van der Waals surface area contributed by atoms with Crippen LogP contribution < -0.4 is 0 Å². The van der Waals surface area contributed by atoms with Crippen LogP contribution in [0.15, 0.2) is 18.5 Å². The van der Waals surface area contributed by atoms with E-state index in [1.165, 1.54) is 17.3 Å². The van der Waals surface area contributed by atoms with Crippen LogP contribution in [0.5, 0.6) is 0 Å². The maximum atomic E-state index is 12.1. The number of hydrogen-bond donors (Lipinski definition) is 1. The number of nitrogens with zero attached hydrogens (tertiary/aromatic N) is 2. The Morgan fingerprint density at radius 2 is 2.00 bits per heavy atom. The first-order valence-electron chi connectivity index (χ1n) is 6.08. The van der Waals surface area contributed by atoms with Crippen molar-refractivity contribution in [1.29, 1.82) is 0 Å². The van der Waals surface area contributed by atoms with Gasteiger partial charge < -0.3 is 5.11 Å². The summed E-state index contributed by atoms with van der Waals surface area (Å²) < 4.78 is 0. The monoisotopic (exact) mass is 246 g/mol. The van der Waals surface area contributed by atoms with Crippen LogP contribution in [0.25, 0.3) is 0 Å². The molecule has 0 bridgehead atoms. The smallest absolute Gasteiger partial charge is 0.263 e. The Kier molecular flexibility index (Phi) is 2.45. The number of hydrogen-bond acceptors (Lipinski definition) is 4. The van der Waals surface area contributed by atoms with Gasteiger partial charge in [-0.15, -0.1) is 0 Å². The van der Waals surface area contributed by atoms with E-state index in [4.69, 9.17) is 5.11 Å². The number of amides is 2. The minimum absolute atomic E-state index is 0.0461. The van der Waals surface area contributed by atoms with Crippen LogP contribution in [0.3, 0.4) is 0 Å². The first kappa shape index (κ1) is 11.3. The van der Waals surface area contributed by atoms with Crippen LogP contribution in [-0.4, -0.2) is 40.0 Å². The van der Waals surface area contributed by atoms with Gasteiger partial charge in [-0.1, -0.05) is 0 Å². The second kappa shape index (κ2) is 3.88. The van der Waals surface area contributed by atoms with Crippen LogP contribution >= 0.6 is 0 Å². The van der Waals surface area contributed by atoms with Crippen molar-refractivity contribution in [2.45, 2.75) is 19.3 Å². The fourth-order valence-electron chi connectivity index (χ4n) is 2.51. The standard InChI is InChI=1S/C13H14N2O3/c16-6-4-13(2-3-13)8-15-11(17)9-1-5-14-7-10(9)12(15)18/h1,5,7,16H,2-4,6,8H2. The number of fused-ring (bicyclic) bond motifs is 1. The Hall–Kier alpha value is -1.75. The number of aromatic nitrogens is 1. The molecule has 3 rings (SSSR count). The van der Waals surface area contributed by atoms with Gasteiger partial charge in [0, 0.05) is 25.5 Å². The van der Waals surface area contributed by atoms with Crippen molar-refractivity contribution >= 4 is 11.8 Å². The number of imide groups is 1. The lowest BCUT2D eigenvalue weighted by atomic mass is 10.0. The first-order valence-corrected chi connectivity index (χ1v) is 6.08. The summed E-state index contributed by atoms with van der Waals surface area (Å²) in [7, 11) is 0. The summed E-state index contributed by atoms with van der Waals surface area (Å²) in [6, 6.07) is 1.58. The van der Waals surface area contributed by atoms with Gasteiger partial charge in [-0.25, -0.2) is 0 Å². The molecule has 1 N–H and O–H groups in total. The molecule has 2 aliphatic rings. The molecule has 0 aromatic carbocycles. The van der Waals surface area contributed by atoms with Crippen molar-refractivity contribution in [2.24, 2.45) is 5.41 Å². The Balaban J connectivity index is 1.84. The maximum absolute atomic E-state index is 12.1. The Labute approximate surface area is 104 Å². The molecule has 0 unspecified atom stereocenters. The third-order valence-corrected chi connectivity index (χ3v) is 3.86. The minimum atomic E-state index is -0.257. The average Bonchev–Trinajstić information content (AvgIpc) is 3.10. The first-order chi connectivity index (χ1) is 8.67. The zero-order chi connectivity index (χ0) is 12.8.